The van der Waals surface area contributed by atoms with Crippen LogP contribution < -0.4 is 4.74 Å². The van der Waals surface area contributed by atoms with Crippen molar-refractivity contribution < 1.29 is 22.7 Å². The molecule has 0 aliphatic carbocycles. The molecule has 0 aliphatic rings. The lowest BCUT2D eigenvalue weighted by Gasteiger charge is -2.10. The van der Waals surface area contributed by atoms with Crippen LogP contribution in [-0.2, 0) is 0 Å². The summed E-state index contributed by atoms with van der Waals surface area (Å²) in [5, 5.41) is 0. The highest BCUT2D eigenvalue weighted by molar-refractivity contribution is 5.92. The van der Waals surface area contributed by atoms with Gasteiger partial charge in [0.25, 0.3) is 0 Å². The van der Waals surface area contributed by atoms with E-state index in [1.807, 2.05) is 0 Å². The Morgan fingerprint density at radius 3 is 2.06 bits per heavy atom. The molecule has 0 radical (unpaired) electrons. The highest BCUT2D eigenvalue weighted by Crippen LogP contribution is 2.28. The smallest absolute Gasteiger partial charge is 0.346 e. The summed E-state index contributed by atoms with van der Waals surface area (Å²) in [6.45, 7) is 1.68. The topological polar surface area (TPSA) is 26.3 Å². The van der Waals surface area contributed by atoms with Crippen LogP contribution in [0.5, 0.6) is 5.75 Å². The zero-order valence-corrected chi connectivity index (χ0v) is 16.5. The molecule has 0 spiro atoms. The summed E-state index contributed by atoms with van der Waals surface area (Å²) < 4.78 is 48.1. The van der Waals surface area contributed by atoms with Gasteiger partial charge in [-0.2, -0.15) is 0 Å². The second kappa shape index (κ2) is 8.48. The van der Waals surface area contributed by atoms with Gasteiger partial charge < -0.3 is 4.74 Å². The predicted molar refractivity (Wildman–Crippen MR) is 113 cm³/mol. The van der Waals surface area contributed by atoms with Crippen molar-refractivity contribution in [2.24, 2.45) is 0 Å². The van der Waals surface area contributed by atoms with Gasteiger partial charge in [-0.1, -0.05) is 60.7 Å². The van der Waals surface area contributed by atoms with E-state index in [0.29, 0.717) is 16.7 Å². The minimum atomic E-state index is -1.27. The maximum absolute atomic E-state index is 14.5. The highest BCUT2D eigenvalue weighted by atomic mass is 19.2. The molecule has 31 heavy (non-hydrogen) atoms. The van der Waals surface area contributed by atoms with Gasteiger partial charge in [0.1, 0.15) is 11.6 Å². The van der Waals surface area contributed by atoms with Gasteiger partial charge in [0.15, 0.2) is 11.6 Å². The van der Waals surface area contributed by atoms with Gasteiger partial charge in [0, 0.05) is 5.56 Å². The third-order valence-electron chi connectivity index (χ3n) is 4.96. The predicted octanol–water partition coefficient (Wildman–Crippen LogP) is 6.97. The van der Waals surface area contributed by atoms with Crippen molar-refractivity contribution in [1.29, 1.82) is 0 Å². The zero-order valence-electron chi connectivity index (χ0n) is 16.5. The average Bonchev–Trinajstić information content (AvgIpc) is 2.78. The van der Waals surface area contributed by atoms with Crippen molar-refractivity contribution in [3.63, 3.8) is 0 Å². The summed E-state index contributed by atoms with van der Waals surface area (Å²) in [6.07, 6.45) is 0. The number of esters is 1. The quantitative estimate of drug-likeness (QED) is 0.264. The molecule has 4 rings (SSSR count). The average molecular weight is 418 g/mol. The van der Waals surface area contributed by atoms with Crippen molar-refractivity contribution >= 4 is 5.97 Å². The molecule has 4 aromatic carbocycles. The Morgan fingerprint density at radius 2 is 1.39 bits per heavy atom. The number of halogens is 3. The molecule has 0 saturated heterocycles. The molecule has 0 N–H and O–H groups in total. The standard InChI is InChI=1S/C26H17F3O2/c1-16-7-8-19(15-23(16)27)17-9-11-20(12-10-17)31-26(30)22-14-13-21(24(28)25(22)29)18-5-3-2-4-6-18/h2-15H,1H3. The Balaban J connectivity index is 1.54. The van der Waals surface area contributed by atoms with E-state index in [1.54, 1.807) is 61.5 Å². The van der Waals surface area contributed by atoms with Crippen LogP contribution in [-0.4, -0.2) is 5.97 Å². The van der Waals surface area contributed by atoms with E-state index < -0.39 is 23.2 Å². The fourth-order valence-corrected chi connectivity index (χ4v) is 3.20. The summed E-state index contributed by atoms with van der Waals surface area (Å²) >= 11 is 0. The molecular formula is C26H17F3O2. The van der Waals surface area contributed by atoms with Crippen LogP contribution in [0.3, 0.4) is 0 Å². The Bertz CT molecular complexity index is 1250. The van der Waals surface area contributed by atoms with Crippen LogP contribution in [0, 0.1) is 24.4 Å². The number of benzene rings is 4. The lowest BCUT2D eigenvalue weighted by Crippen LogP contribution is -2.12. The molecule has 0 amide bonds. The Hall–Kier alpha value is -3.86. The third kappa shape index (κ3) is 4.21. The van der Waals surface area contributed by atoms with Gasteiger partial charge in [0.05, 0.1) is 5.56 Å². The zero-order chi connectivity index (χ0) is 22.0. The first-order valence-corrected chi connectivity index (χ1v) is 9.56. The molecule has 0 saturated carbocycles. The van der Waals surface area contributed by atoms with E-state index in [0.717, 1.165) is 5.56 Å². The summed E-state index contributed by atoms with van der Waals surface area (Å²) in [5.74, 6) is -3.54. The van der Waals surface area contributed by atoms with Gasteiger partial charge in [-0.05, 0) is 53.4 Å². The molecule has 2 nitrogen and oxygen atoms in total. The van der Waals surface area contributed by atoms with Gasteiger partial charge in [0.2, 0.25) is 0 Å². The molecule has 4 aromatic rings. The van der Waals surface area contributed by atoms with E-state index >= 15 is 0 Å². The number of carbonyl (C=O) groups excluding carboxylic acids is 1. The lowest BCUT2D eigenvalue weighted by atomic mass is 10.0. The van der Waals surface area contributed by atoms with Crippen LogP contribution in [0.2, 0.25) is 0 Å². The van der Waals surface area contributed by atoms with E-state index in [9.17, 15) is 18.0 Å². The van der Waals surface area contributed by atoms with Crippen LogP contribution in [0.1, 0.15) is 15.9 Å². The summed E-state index contributed by atoms with van der Waals surface area (Å²) in [4.78, 5) is 12.4. The number of aryl methyl sites for hydroxylation is 1. The van der Waals surface area contributed by atoms with Crippen LogP contribution >= 0.6 is 0 Å². The van der Waals surface area contributed by atoms with E-state index in [2.05, 4.69) is 0 Å². The minimum Gasteiger partial charge on any atom is -0.423 e. The van der Waals surface area contributed by atoms with Crippen LogP contribution in [0.4, 0.5) is 13.2 Å². The Kier molecular flexibility index (Phi) is 5.58. The van der Waals surface area contributed by atoms with Crippen molar-refractivity contribution in [2.45, 2.75) is 6.92 Å². The molecule has 0 aliphatic heterocycles. The van der Waals surface area contributed by atoms with Crippen molar-refractivity contribution in [3.8, 4) is 28.0 Å². The molecule has 0 atom stereocenters. The molecule has 5 heteroatoms. The molecular weight excluding hydrogens is 401 g/mol. The van der Waals surface area contributed by atoms with Crippen molar-refractivity contribution in [1.82, 2.24) is 0 Å². The normalized spacial score (nSPS) is 10.7. The van der Waals surface area contributed by atoms with Crippen molar-refractivity contribution in [3.05, 3.63) is 114 Å². The molecule has 0 unspecified atom stereocenters. The lowest BCUT2D eigenvalue weighted by molar-refractivity contribution is 0.0729. The van der Waals surface area contributed by atoms with E-state index in [1.165, 1.54) is 30.3 Å². The number of rotatable bonds is 4. The summed E-state index contributed by atoms with van der Waals surface area (Å²) in [5.41, 5.74) is 2.00. The first kappa shape index (κ1) is 20.4. The monoisotopic (exact) mass is 418 g/mol. The van der Waals surface area contributed by atoms with Gasteiger partial charge >= 0.3 is 5.97 Å². The maximum Gasteiger partial charge on any atom is 0.346 e. The first-order valence-electron chi connectivity index (χ1n) is 9.56. The number of hydrogen-bond donors (Lipinski definition) is 0. The Morgan fingerprint density at radius 1 is 0.710 bits per heavy atom. The summed E-state index contributed by atoms with van der Waals surface area (Å²) in [6, 6.07) is 22.3. The number of ether oxygens (including phenoxy) is 1. The minimum absolute atomic E-state index is 0.0596. The second-order valence-corrected chi connectivity index (χ2v) is 7.03. The second-order valence-electron chi connectivity index (χ2n) is 7.03. The third-order valence-corrected chi connectivity index (χ3v) is 4.96. The fraction of sp³-hybridized carbons (Fsp3) is 0.0385. The van der Waals surface area contributed by atoms with Gasteiger partial charge in [-0.3, -0.25) is 0 Å². The molecule has 0 aromatic heterocycles. The number of hydrogen-bond acceptors (Lipinski definition) is 2. The van der Waals surface area contributed by atoms with Crippen molar-refractivity contribution in [2.75, 3.05) is 0 Å². The molecule has 0 bridgehead atoms. The molecule has 0 fully saturated rings. The van der Waals surface area contributed by atoms with Crippen LogP contribution in [0.25, 0.3) is 22.3 Å². The van der Waals surface area contributed by atoms with E-state index in [4.69, 9.17) is 4.74 Å². The van der Waals surface area contributed by atoms with E-state index in [-0.39, 0.29) is 17.1 Å². The summed E-state index contributed by atoms with van der Waals surface area (Å²) in [7, 11) is 0. The highest BCUT2D eigenvalue weighted by Gasteiger charge is 2.21. The first-order chi connectivity index (χ1) is 14.9. The molecule has 154 valence electrons. The number of carbonyl (C=O) groups is 1. The fourth-order valence-electron chi connectivity index (χ4n) is 3.20. The molecule has 0 heterocycles. The largest absolute Gasteiger partial charge is 0.423 e. The van der Waals surface area contributed by atoms with Gasteiger partial charge in [-0.15, -0.1) is 0 Å². The maximum atomic E-state index is 14.5. The van der Waals surface area contributed by atoms with Gasteiger partial charge in [-0.25, -0.2) is 18.0 Å². The Labute approximate surface area is 177 Å². The van der Waals surface area contributed by atoms with Crippen LogP contribution in [0.15, 0.2) is 84.9 Å². The SMILES string of the molecule is Cc1ccc(-c2ccc(OC(=O)c3ccc(-c4ccccc4)c(F)c3F)cc2)cc1F.